The third-order valence-electron chi connectivity index (χ3n) is 2.43. The predicted molar refractivity (Wildman–Crippen MR) is 62.8 cm³/mol. The summed E-state index contributed by atoms with van der Waals surface area (Å²) in [6, 6.07) is 7.96. The van der Waals surface area contributed by atoms with E-state index in [0.717, 1.165) is 16.8 Å². The van der Waals surface area contributed by atoms with Crippen molar-refractivity contribution < 1.29 is 0 Å². The van der Waals surface area contributed by atoms with Gasteiger partial charge in [-0.25, -0.2) is 0 Å². The summed E-state index contributed by atoms with van der Waals surface area (Å²) in [7, 11) is 1.78. The third kappa shape index (κ3) is 1.59. The van der Waals surface area contributed by atoms with E-state index in [1.165, 1.54) is 0 Å². The molecule has 0 saturated heterocycles. The monoisotopic (exact) mass is 221 g/mol. The van der Waals surface area contributed by atoms with Crippen LogP contribution in [-0.4, -0.2) is 9.78 Å². The van der Waals surface area contributed by atoms with Gasteiger partial charge < -0.3 is 5.73 Å². The summed E-state index contributed by atoms with van der Waals surface area (Å²) in [6.45, 7) is 2.02. The fraction of sp³-hybridized carbons (Fsp3) is 0.182. The molecule has 78 valence electrons. The first-order valence-corrected chi connectivity index (χ1v) is 5.03. The third-order valence-corrected chi connectivity index (χ3v) is 2.80. The molecule has 2 aromatic rings. The summed E-state index contributed by atoms with van der Waals surface area (Å²) >= 11 is 6.11. The number of aromatic nitrogens is 2. The van der Waals surface area contributed by atoms with Crippen molar-refractivity contribution in [1.82, 2.24) is 9.78 Å². The molecule has 1 heterocycles. The zero-order valence-corrected chi connectivity index (χ0v) is 9.42. The van der Waals surface area contributed by atoms with E-state index in [0.29, 0.717) is 10.8 Å². The molecule has 0 bridgehead atoms. The number of hydrogen-bond donors (Lipinski definition) is 1. The maximum absolute atomic E-state index is 6.11. The first kappa shape index (κ1) is 10.1. The molecule has 0 aliphatic carbocycles. The predicted octanol–water partition coefficient (Wildman–Crippen LogP) is 2.63. The van der Waals surface area contributed by atoms with Gasteiger partial charge in [-0.2, -0.15) is 5.10 Å². The minimum Gasteiger partial charge on any atom is -0.383 e. The Balaban J connectivity index is 2.65. The van der Waals surface area contributed by atoms with Crippen LogP contribution < -0.4 is 5.73 Å². The van der Waals surface area contributed by atoms with E-state index in [2.05, 4.69) is 5.10 Å². The normalized spacial score (nSPS) is 10.6. The van der Waals surface area contributed by atoms with Crippen molar-refractivity contribution in [2.45, 2.75) is 6.92 Å². The molecule has 1 aromatic heterocycles. The van der Waals surface area contributed by atoms with Gasteiger partial charge in [-0.1, -0.05) is 35.9 Å². The largest absolute Gasteiger partial charge is 0.383 e. The highest BCUT2D eigenvalue weighted by atomic mass is 35.5. The first-order chi connectivity index (χ1) is 7.11. The average molecular weight is 222 g/mol. The quantitative estimate of drug-likeness (QED) is 0.805. The van der Waals surface area contributed by atoms with E-state index in [1.54, 1.807) is 11.7 Å². The van der Waals surface area contributed by atoms with Crippen LogP contribution in [0.15, 0.2) is 24.3 Å². The van der Waals surface area contributed by atoms with Crippen molar-refractivity contribution >= 4 is 17.4 Å². The molecule has 2 rings (SSSR count). The second kappa shape index (κ2) is 3.59. The molecular formula is C11H12ClN3. The summed E-state index contributed by atoms with van der Waals surface area (Å²) < 4.78 is 1.59. The van der Waals surface area contributed by atoms with Gasteiger partial charge in [0.2, 0.25) is 0 Å². The number of anilines is 1. The SMILES string of the molecule is Cc1ccccc1-c1nn(C)c(N)c1Cl. The van der Waals surface area contributed by atoms with E-state index in [-0.39, 0.29) is 0 Å². The molecule has 4 heteroatoms. The number of benzene rings is 1. The molecule has 15 heavy (non-hydrogen) atoms. The summed E-state index contributed by atoms with van der Waals surface area (Å²) in [4.78, 5) is 0. The fourth-order valence-electron chi connectivity index (χ4n) is 1.52. The van der Waals surface area contributed by atoms with E-state index in [1.807, 2.05) is 31.2 Å². The van der Waals surface area contributed by atoms with E-state index in [4.69, 9.17) is 17.3 Å². The Bertz CT molecular complexity index is 503. The standard InChI is InChI=1S/C11H12ClN3/c1-7-5-3-4-6-8(7)10-9(12)11(13)15(2)14-10/h3-6H,13H2,1-2H3. The number of nitrogens with zero attached hydrogens (tertiary/aromatic N) is 2. The van der Waals surface area contributed by atoms with Crippen molar-refractivity contribution in [3.63, 3.8) is 0 Å². The molecule has 0 aliphatic heterocycles. The van der Waals surface area contributed by atoms with Crippen molar-refractivity contribution in [2.75, 3.05) is 5.73 Å². The molecule has 0 amide bonds. The van der Waals surface area contributed by atoms with Gasteiger partial charge in [0, 0.05) is 12.6 Å². The van der Waals surface area contributed by atoms with Crippen LogP contribution in [-0.2, 0) is 7.05 Å². The molecule has 0 saturated carbocycles. The van der Waals surface area contributed by atoms with Crippen molar-refractivity contribution in [3.8, 4) is 11.3 Å². The van der Waals surface area contributed by atoms with Crippen LogP contribution in [0.25, 0.3) is 11.3 Å². The van der Waals surface area contributed by atoms with E-state index >= 15 is 0 Å². The lowest BCUT2D eigenvalue weighted by molar-refractivity contribution is 0.782. The van der Waals surface area contributed by atoms with E-state index < -0.39 is 0 Å². The Hall–Kier alpha value is -1.48. The molecule has 0 aliphatic rings. The maximum atomic E-state index is 6.11. The van der Waals surface area contributed by atoms with Gasteiger partial charge in [0.15, 0.2) is 0 Å². The summed E-state index contributed by atoms with van der Waals surface area (Å²) in [5, 5.41) is 4.82. The van der Waals surface area contributed by atoms with Crippen LogP contribution >= 0.6 is 11.6 Å². The lowest BCUT2D eigenvalue weighted by Gasteiger charge is -2.01. The number of halogens is 1. The zero-order chi connectivity index (χ0) is 11.0. The summed E-state index contributed by atoms with van der Waals surface area (Å²) in [6.07, 6.45) is 0. The highest BCUT2D eigenvalue weighted by Crippen LogP contribution is 2.32. The molecule has 0 fully saturated rings. The highest BCUT2D eigenvalue weighted by molar-refractivity contribution is 6.35. The van der Waals surface area contributed by atoms with Gasteiger partial charge >= 0.3 is 0 Å². The van der Waals surface area contributed by atoms with Gasteiger partial charge in [0.25, 0.3) is 0 Å². The second-order valence-electron chi connectivity index (χ2n) is 3.49. The number of hydrogen-bond acceptors (Lipinski definition) is 2. The van der Waals surface area contributed by atoms with Crippen LogP contribution in [0, 0.1) is 6.92 Å². The van der Waals surface area contributed by atoms with Crippen molar-refractivity contribution in [3.05, 3.63) is 34.9 Å². The van der Waals surface area contributed by atoms with Crippen LogP contribution in [0.3, 0.4) is 0 Å². The summed E-state index contributed by atoms with van der Waals surface area (Å²) in [5.74, 6) is 0.495. The van der Waals surface area contributed by atoms with Gasteiger partial charge in [-0.15, -0.1) is 0 Å². The van der Waals surface area contributed by atoms with Gasteiger partial charge in [0.1, 0.15) is 16.5 Å². The van der Waals surface area contributed by atoms with Gasteiger partial charge in [-0.3, -0.25) is 4.68 Å². The molecular weight excluding hydrogens is 210 g/mol. The number of rotatable bonds is 1. The molecule has 0 atom stereocenters. The number of nitrogen functional groups attached to an aromatic ring is 1. The average Bonchev–Trinajstić information content (AvgIpc) is 2.47. The lowest BCUT2D eigenvalue weighted by Crippen LogP contribution is -1.97. The Morgan fingerprint density at radius 1 is 1.33 bits per heavy atom. The molecule has 0 spiro atoms. The Labute approximate surface area is 93.5 Å². The van der Waals surface area contributed by atoms with Crippen LogP contribution in [0.1, 0.15) is 5.56 Å². The number of nitrogens with two attached hydrogens (primary N) is 1. The molecule has 0 unspecified atom stereocenters. The Morgan fingerprint density at radius 2 is 2.00 bits per heavy atom. The summed E-state index contributed by atoms with van der Waals surface area (Å²) in [5.41, 5.74) is 8.66. The Morgan fingerprint density at radius 3 is 2.53 bits per heavy atom. The van der Waals surface area contributed by atoms with E-state index in [9.17, 15) is 0 Å². The highest BCUT2D eigenvalue weighted by Gasteiger charge is 2.14. The zero-order valence-electron chi connectivity index (χ0n) is 8.66. The van der Waals surface area contributed by atoms with Gasteiger partial charge in [0.05, 0.1) is 0 Å². The van der Waals surface area contributed by atoms with Crippen LogP contribution in [0.2, 0.25) is 5.02 Å². The molecule has 1 aromatic carbocycles. The van der Waals surface area contributed by atoms with Crippen molar-refractivity contribution in [2.24, 2.45) is 7.05 Å². The van der Waals surface area contributed by atoms with Crippen molar-refractivity contribution in [1.29, 1.82) is 0 Å². The molecule has 2 N–H and O–H groups in total. The smallest absolute Gasteiger partial charge is 0.140 e. The first-order valence-electron chi connectivity index (χ1n) is 4.65. The Kier molecular flexibility index (Phi) is 2.40. The van der Waals surface area contributed by atoms with Crippen LogP contribution in [0.4, 0.5) is 5.82 Å². The second-order valence-corrected chi connectivity index (χ2v) is 3.86. The topological polar surface area (TPSA) is 43.8 Å². The molecule has 0 radical (unpaired) electrons. The minimum absolute atomic E-state index is 0.495. The molecule has 3 nitrogen and oxygen atoms in total. The fourth-order valence-corrected chi connectivity index (χ4v) is 1.78. The maximum Gasteiger partial charge on any atom is 0.140 e. The van der Waals surface area contributed by atoms with Gasteiger partial charge in [-0.05, 0) is 12.5 Å². The lowest BCUT2D eigenvalue weighted by atomic mass is 10.1. The number of aryl methyl sites for hydroxylation is 2. The minimum atomic E-state index is 0.495. The van der Waals surface area contributed by atoms with Crippen LogP contribution in [0.5, 0.6) is 0 Å².